The van der Waals surface area contributed by atoms with Crippen LogP contribution in [0.2, 0.25) is 0 Å². The quantitative estimate of drug-likeness (QED) is 0.675. The number of esters is 1. The molecule has 0 unspecified atom stereocenters. The van der Waals surface area contributed by atoms with Gasteiger partial charge in [0.25, 0.3) is 0 Å². The van der Waals surface area contributed by atoms with Crippen molar-refractivity contribution in [2.75, 3.05) is 7.11 Å². The number of aromatic nitrogens is 1. The fourth-order valence-electron chi connectivity index (χ4n) is 0.786. The summed E-state index contributed by atoms with van der Waals surface area (Å²) in [5.41, 5.74) is 0.0882. The maximum absolute atomic E-state index is 10.9. The van der Waals surface area contributed by atoms with Gasteiger partial charge in [-0.25, -0.2) is 9.59 Å². The number of aromatic carboxylic acids is 1. The molecule has 0 aliphatic heterocycles. The molecule has 0 aliphatic rings. The van der Waals surface area contributed by atoms with Gasteiger partial charge in [-0.3, -0.25) is 4.98 Å². The SMILES string of the molecule is COC(=O)c1cncc(C(=O)O)c1. The molecule has 0 bridgehead atoms. The van der Waals surface area contributed by atoms with E-state index in [1.54, 1.807) is 0 Å². The average Bonchev–Trinajstić information content (AvgIpc) is 2.17. The predicted molar refractivity (Wildman–Crippen MR) is 42.5 cm³/mol. The summed E-state index contributed by atoms with van der Waals surface area (Å²) in [6.45, 7) is 0. The minimum Gasteiger partial charge on any atom is -0.478 e. The van der Waals surface area contributed by atoms with Crippen molar-refractivity contribution in [1.82, 2.24) is 4.98 Å². The maximum atomic E-state index is 10.9. The molecule has 0 aromatic carbocycles. The van der Waals surface area contributed by atoms with E-state index < -0.39 is 11.9 Å². The van der Waals surface area contributed by atoms with E-state index in [2.05, 4.69) is 9.72 Å². The van der Waals surface area contributed by atoms with E-state index in [0.717, 1.165) is 6.20 Å². The van der Waals surface area contributed by atoms with Crippen molar-refractivity contribution < 1.29 is 19.4 Å². The zero-order valence-electron chi connectivity index (χ0n) is 6.85. The Labute approximate surface area is 74.0 Å². The molecule has 68 valence electrons. The second-order valence-corrected chi connectivity index (χ2v) is 2.26. The highest BCUT2D eigenvalue weighted by Crippen LogP contribution is 2.03. The summed E-state index contributed by atoms with van der Waals surface area (Å²) >= 11 is 0. The normalized spacial score (nSPS) is 9.31. The third-order valence-electron chi connectivity index (χ3n) is 1.41. The van der Waals surface area contributed by atoms with Crippen molar-refractivity contribution >= 4 is 11.9 Å². The molecule has 0 atom stereocenters. The highest BCUT2D eigenvalue weighted by molar-refractivity contribution is 5.93. The summed E-state index contributed by atoms with van der Waals surface area (Å²) in [5.74, 6) is -1.73. The van der Waals surface area contributed by atoms with Crippen molar-refractivity contribution in [2.24, 2.45) is 0 Å². The summed E-state index contributed by atoms with van der Waals surface area (Å²) in [6.07, 6.45) is 2.41. The Hall–Kier alpha value is -1.91. The lowest BCUT2D eigenvalue weighted by atomic mass is 10.2. The van der Waals surface area contributed by atoms with Crippen LogP contribution in [-0.4, -0.2) is 29.1 Å². The number of ether oxygens (including phenoxy) is 1. The topological polar surface area (TPSA) is 76.5 Å². The largest absolute Gasteiger partial charge is 0.478 e. The van der Waals surface area contributed by atoms with Gasteiger partial charge in [-0.2, -0.15) is 0 Å². The Kier molecular flexibility index (Phi) is 2.59. The molecule has 13 heavy (non-hydrogen) atoms. The number of nitrogens with zero attached hydrogens (tertiary/aromatic N) is 1. The molecule has 0 saturated heterocycles. The molecule has 5 nitrogen and oxygen atoms in total. The zero-order chi connectivity index (χ0) is 9.84. The van der Waals surface area contributed by atoms with Gasteiger partial charge in [0, 0.05) is 12.4 Å². The van der Waals surface area contributed by atoms with Gasteiger partial charge < -0.3 is 9.84 Å². The summed E-state index contributed by atoms with van der Waals surface area (Å²) in [5, 5.41) is 8.57. The average molecular weight is 181 g/mol. The highest BCUT2D eigenvalue weighted by Gasteiger charge is 2.09. The molecule has 5 heteroatoms. The van der Waals surface area contributed by atoms with Gasteiger partial charge in [0.2, 0.25) is 0 Å². The van der Waals surface area contributed by atoms with E-state index in [0.29, 0.717) is 0 Å². The molecular weight excluding hydrogens is 174 g/mol. The van der Waals surface area contributed by atoms with E-state index in [9.17, 15) is 9.59 Å². The first kappa shape index (κ1) is 9.18. The van der Waals surface area contributed by atoms with Crippen molar-refractivity contribution in [3.05, 3.63) is 29.6 Å². The van der Waals surface area contributed by atoms with E-state index in [-0.39, 0.29) is 11.1 Å². The van der Waals surface area contributed by atoms with Crippen molar-refractivity contribution in [1.29, 1.82) is 0 Å². The van der Waals surface area contributed by atoms with E-state index >= 15 is 0 Å². The van der Waals surface area contributed by atoms with Gasteiger partial charge >= 0.3 is 11.9 Å². The van der Waals surface area contributed by atoms with Crippen LogP contribution in [0.1, 0.15) is 20.7 Å². The summed E-state index contributed by atoms with van der Waals surface area (Å²) in [4.78, 5) is 25.0. The first-order chi connectivity index (χ1) is 6.15. The lowest BCUT2D eigenvalue weighted by Gasteiger charge is -1.98. The zero-order valence-corrected chi connectivity index (χ0v) is 6.85. The van der Waals surface area contributed by atoms with Crippen LogP contribution < -0.4 is 0 Å². The Morgan fingerprint density at radius 1 is 1.38 bits per heavy atom. The molecule has 0 amide bonds. The minimum atomic E-state index is -1.13. The van der Waals surface area contributed by atoms with Gasteiger partial charge in [0.15, 0.2) is 0 Å². The molecule has 0 spiro atoms. The Balaban J connectivity index is 3.05. The number of carbonyl (C=O) groups is 2. The summed E-state index contributed by atoms with van der Waals surface area (Å²) in [7, 11) is 1.22. The molecule has 0 radical (unpaired) electrons. The number of carboxylic acid groups (broad SMARTS) is 1. The Morgan fingerprint density at radius 3 is 2.54 bits per heavy atom. The van der Waals surface area contributed by atoms with Gasteiger partial charge in [-0.15, -0.1) is 0 Å². The molecule has 1 aromatic rings. The monoisotopic (exact) mass is 181 g/mol. The Morgan fingerprint density at radius 2 is 2.00 bits per heavy atom. The van der Waals surface area contributed by atoms with Gasteiger partial charge in [0.05, 0.1) is 18.2 Å². The fourth-order valence-corrected chi connectivity index (χ4v) is 0.786. The number of rotatable bonds is 2. The minimum absolute atomic E-state index is 0.0390. The third kappa shape index (κ3) is 2.02. The first-order valence-corrected chi connectivity index (χ1v) is 3.42. The van der Waals surface area contributed by atoms with Crippen LogP contribution in [0, 0.1) is 0 Å². The lowest BCUT2D eigenvalue weighted by Crippen LogP contribution is -2.05. The predicted octanol–water partition coefficient (Wildman–Crippen LogP) is 0.566. The number of methoxy groups -OCH3 is 1. The van der Waals surface area contributed by atoms with Crippen LogP contribution in [0.15, 0.2) is 18.5 Å². The molecule has 0 saturated carbocycles. The fraction of sp³-hybridized carbons (Fsp3) is 0.125. The van der Waals surface area contributed by atoms with Gasteiger partial charge in [0.1, 0.15) is 0 Å². The number of hydrogen-bond donors (Lipinski definition) is 1. The molecule has 1 aromatic heterocycles. The van der Waals surface area contributed by atoms with E-state index in [1.165, 1.54) is 19.4 Å². The lowest BCUT2D eigenvalue weighted by molar-refractivity contribution is 0.0600. The van der Waals surface area contributed by atoms with Crippen LogP contribution in [0.4, 0.5) is 0 Å². The van der Waals surface area contributed by atoms with Crippen LogP contribution in [0.5, 0.6) is 0 Å². The van der Waals surface area contributed by atoms with Gasteiger partial charge in [-0.05, 0) is 6.07 Å². The molecular formula is C8H7NO4. The number of carbonyl (C=O) groups excluding carboxylic acids is 1. The van der Waals surface area contributed by atoms with Crippen molar-refractivity contribution in [3.8, 4) is 0 Å². The number of hydrogen-bond acceptors (Lipinski definition) is 4. The second kappa shape index (κ2) is 3.66. The molecule has 1 N–H and O–H groups in total. The second-order valence-electron chi connectivity index (χ2n) is 2.26. The summed E-state index contributed by atoms with van der Waals surface area (Å²) < 4.78 is 4.40. The van der Waals surface area contributed by atoms with Crippen LogP contribution >= 0.6 is 0 Å². The van der Waals surface area contributed by atoms with Crippen molar-refractivity contribution in [3.63, 3.8) is 0 Å². The number of pyridine rings is 1. The number of carboxylic acids is 1. The van der Waals surface area contributed by atoms with Crippen LogP contribution in [0.25, 0.3) is 0 Å². The molecule has 0 fully saturated rings. The smallest absolute Gasteiger partial charge is 0.339 e. The van der Waals surface area contributed by atoms with Crippen LogP contribution in [-0.2, 0) is 4.74 Å². The third-order valence-corrected chi connectivity index (χ3v) is 1.41. The summed E-state index contributed by atoms with van der Waals surface area (Å²) in [6, 6.07) is 1.21. The highest BCUT2D eigenvalue weighted by atomic mass is 16.5. The van der Waals surface area contributed by atoms with Crippen LogP contribution in [0.3, 0.4) is 0 Å². The maximum Gasteiger partial charge on any atom is 0.339 e. The molecule has 1 heterocycles. The Bertz CT molecular complexity index is 348. The standard InChI is InChI=1S/C8H7NO4/c1-13-8(12)6-2-5(7(10)11)3-9-4-6/h2-4H,1H3,(H,10,11). The van der Waals surface area contributed by atoms with E-state index in [4.69, 9.17) is 5.11 Å². The molecule has 1 rings (SSSR count). The van der Waals surface area contributed by atoms with E-state index in [1.807, 2.05) is 0 Å². The van der Waals surface area contributed by atoms with Crippen molar-refractivity contribution in [2.45, 2.75) is 0 Å². The van der Waals surface area contributed by atoms with Gasteiger partial charge in [-0.1, -0.05) is 0 Å². The molecule has 0 aliphatic carbocycles. The first-order valence-electron chi connectivity index (χ1n) is 3.42.